The predicted octanol–water partition coefficient (Wildman–Crippen LogP) is 3.31. The molecule has 0 radical (unpaired) electrons. The fourth-order valence-corrected chi connectivity index (χ4v) is 5.28. The maximum Gasteiger partial charge on any atom is 0.107 e. The van der Waals surface area contributed by atoms with Crippen LogP contribution in [0.2, 0.25) is 0 Å². The van der Waals surface area contributed by atoms with E-state index in [1.54, 1.807) is 7.11 Å². The Labute approximate surface area is 214 Å². The summed E-state index contributed by atoms with van der Waals surface area (Å²) in [7, 11) is 1.78. The molecule has 2 rings (SSSR count). The van der Waals surface area contributed by atoms with Gasteiger partial charge in [0.05, 0.1) is 0 Å². The second-order valence-corrected chi connectivity index (χ2v) is 10.1. The summed E-state index contributed by atoms with van der Waals surface area (Å²) in [5, 5.41) is 24.3. The molecule has 0 aromatic heterocycles. The van der Waals surface area contributed by atoms with E-state index < -0.39 is 0 Å². The van der Waals surface area contributed by atoms with Crippen LogP contribution in [0.25, 0.3) is 0 Å². The van der Waals surface area contributed by atoms with Gasteiger partial charge in [0.2, 0.25) is 0 Å². The van der Waals surface area contributed by atoms with E-state index in [9.17, 15) is 5.11 Å². The summed E-state index contributed by atoms with van der Waals surface area (Å²) < 4.78 is 5.44. The van der Waals surface area contributed by atoms with Crippen LogP contribution in [0.5, 0.6) is 0 Å². The van der Waals surface area contributed by atoms with Gasteiger partial charge in [0.15, 0.2) is 0 Å². The smallest absolute Gasteiger partial charge is 0.107 e. The number of allylic oxidation sites excluding steroid dienone is 2. The Kier molecular flexibility index (Phi) is 14.4. The van der Waals surface area contributed by atoms with Crippen LogP contribution < -0.4 is 21.3 Å². The van der Waals surface area contributed by atoms with Gasteiger partial charge in [-0.25, -0.2) is 0 Å². The molecule has 0 aromatic rings. The summed E-state index contributed by atoms with van der Waals surface area (Å²) in [6.45, 7) is 15.5. The second kappa shape index (κ2) is 17.0. The number of hydrogen-bond acceptors (Lipinski definition) is 7. The maximum atomic E-state index is 9.72. The number of aliphatic hydroxyl groups is 1. The highest BCUT2D eigenvalue weighted by Gasteiger charge is 2.26. The molecule has 7 nitrogen and oxygen atoms in total. The van der Waals surface area contributed by atoms with Crippen molar-refractivity contribution in [1.29, 1.82) is 0 Å². The Morgan fingerprint density at radius 3 is 2.74 bits per heavy atom. The van der Waals surface area contributed by atoms with Crippen molar-refractivity contribution in [1.82, 2.24) is 26.2 Å². The molecule has 2 saturated heterocycles. The topological polar surface area (TPSA) is 80.8 Å². The number of nitrogens with one attached hydrogen (secondary N) is 4. The lowest BCUT2D eigenvalue weighted by atomic mass is 9.96. The van der Waals surface area contributed by atoms with Crippen LogP contribution in [0.1, 0.15) is 65.7 Å². The third kappa shape index (κ3) is 10.2. The van der Waals surface area contributed by atoms with Gasteiger partial charge in [-0.3, -0.25) is 5.32 Å². The van der Waals surface area contributed by atoms with E-state index in [1.807, 2.05) is 6.08 Å². The molecule has 2 aliphatic heterocycles. The van der Waals surface area contributed by atoms with Gasteiger partial charge in [-0.1, -0.05) is 25.5 Å². The van der Waals surface area contributed by atoms with Crippen LogP contribution in [0.3, 0.4) is 0 Å². The highest BCUT2D eigenvalue weighted by Crippen LogP contribution is 2.25. The van der Waals surface area contributed by atoms with Crippen molar-refractivity contribution in [3.63, 3.8) is 0 Å². The van der Waals surface area contributed by atoms with Gasteiger partial charge in [-0.05, 0) is 64.2 Å². The zero-order valence-corrected chi connectivity index (χ0v) is 22.8. The molecule has 7 heteroatoms. The van der Waals surface area contributed by atoms with Crippen LogP contribution in [-0.2, 0) is 4.74 Å². The molecule has 2 fully saturated rings. The van der Waals surface area contributed by atoms with Gasteiger partial charge in [0.1, 0.15) is 12.0 Å². The molecule has 2 heterocycles. The quantitative estimate of drug-likeness (QED) is 0.129. The number of rotatable bonds is 16. The lowest BCUT2D eigenvalue weighted by molar-refractivity contribution is 0.0397. The molecule has 0 bridgehead atoms. The number of methoxy groups -OCH3 is 1. The number of piperidine rings is 2. The Morgan fingerprint density at radius 2 is 2.11 bits per heavy atom. The third-order valence-electron chi connectivity index (χ3n) is 7.66. The molecule has 5 N–H and O–H groups in total. The van der Waals surface area contributed by atoms with Gasteiger partial charge in [0, 0.05) is 70.3 Å². The van der Waals surface area contributed by atoms with Crippen molar-refractivity contribution >= 4 is 0 Å². The van der Waals surface area contributed by atoms with Gasteiger partial charge >= 0.3 is 0 Å². The largest absolute Gasteiger partial charge is 0.396 e. The van der Waals surface area contributed by atoms with E-state index in [2.05, 4.69) is 65.7 Å². The Morgan fingerprint density at radius 1 is 1.29 bits per heavy atom. The van der Waals surface area contributed by atoms with Crippen LogP contribution in [-0.4, -0.2) is 74.8 Å². The molecular weight excluding hydrogens is 438 g/mol. The Balaban J connectivity index is 2.13. The van der Waals surface area contributed by atoms with Crippen molar-refractivity contribution < 1.29 is 9.84 Å². The average molecular weight is 492 g/mol. The first-order valence-electron chi connectivity index (χ1n) is 13.9. The first-order valence-corrected chi connectivity index (χ1v) is 13.9. The second-order valence-electron chi connectivity index (χ2n) is 10.1. The Bertz CT molecular complexity index is 643. The van der Waals surface area contributed by atoms with E-state index in [4.69, 9.17) is 4.74 Å². The minimum atomic E-state index is 0.194. The molecule has 0 aromatic carbocycles. The molecule has 4 unspecified atom stereocenters. The molecule has 35 heavy (non-hydrogen) atoms. The molecule has 0 spiro atoms. The van der Waals surface area contributed by atoms with Gasteiger partial charge < -0.3 is 30.7 Å². The van der Waals surface area contributed by atoms with Crippen LogP contribution >= 0.6 is 0 Å². The van der Waals surface area contributed by atoms with Crippen LogP contribution in [0.4, 0.5) is 0 Å². The van der Waals surface area contributed by atoms with Crippen LogP contribution in [0, 0.1) is 11.8 Å². The molecule has 0 saturated carbocycles. The zero-order valence-electron chi connectivity index (χ0n) is 22.8. The first-order chi connectivity index (χ1) is 17.1. The van der Waals surface area contributed by atoms with Gasteiger partial charge in [0.25, 0.3) is 0 Å². The minimum Gasteiger partial charge on any atom is -0.396 e. The zero-order chi connectivity index (χ0) is 25.5. The lowest BCUT2D eigenvalue weighted by Gasteiger charge is -2.41. The predicted molar refractivity (Wildman–Crippen MR) is 147 cm³/mol. The SMILES string of the molecule is C=CCNCC(CC)C(C)N/C(=C\C(=C/C)NCC1CCC(OC)NC1)N1CCCC[C@H]1CCO. The maximum absolute atomic E-state index is 9.72. The fourth-order valence-electron chi connectivity index (χ4n) is 5.28. The lowest BCUT2D eigenvalue weighted by Crippen LogP contribution is -2.48. The summed E-state index contributed by atoms with van der Waals surface area (Å²) in [5.74, 6) is 2.29. The number of hydrogen-bond donors (Lipinski definition) is 5. The van der Waals surface area contributed by atoms with Crippen molar-refractivity contribution in [2.24, 2.45) is 11.8 Å². The van der Waals surface area contributed by atoms with Gasteiger partial charge in [-0.15, -0.1) is 6.58 Å². The number of likely N-dealkylation sites (tertiary alicyclic amines) is 1. The van der Waals surface area contributed by atoms with Gasteiger partial charge in [-0.2, -0.15) is 0 Å². The standard InChI is InChI=1S/C28H53N5O2/c1-6-15-29-21-24(7-2)22(4)32-27(33-16-10-9-11-26(33)14-17-34)18-25(8-3)30-19-23-12-13-28(35-5)31-20-23/h6,8,18,22-24,26,28-32,34H,1,7,9-17,19-21H2,2-5H3/b25-8+,27-18+/t22?,23?,24?,26-,28?/m0/s1. The average Bonchev–Trinajstić information content (AvgIpc) is 2.89. The molecule has 0 amide bonds. The minimum absolute atomic E-state index is 0.194. The van der Waals surface area contributed by atoms with E-state index >= 15 is 0 Å². The summed E-state index contributed by atoms with van der Waals surface area (Å²) >= 11 is 0. The highest BCUT2D eigenvalue weighted by molar-refractivity contribution is 5.22. The molecular formula is C28H53N5O2. The normalized spacial score (nSPS) is 25.7. The summed E-state index contributed by atoms with van der Waals surface area (Å²) in [5.41, 5.74) is 1.15. The molecule has 2 aliphatic rings. The highest BCUT2D eigenvalue weighted by atomic mass is 16.5. The molecule has 5 atom stereocenters. The summed E-state index contributed by atoms with van der Waals surface area (Å²) in [6.07, 6.45) is 14.3. The molecule has 0 aliphatic carbocycles. The van der Waals surface area contributed by atoms with Crippen molar-refractivity contribution in [3.05, 3.63) is 36.3 Å². The van der Waals surface area contributed by atoms with E-state index in [0.717, 1.165) is 64.1 Å². The van der Waals surface area contributed by atoms with Crippen molar-refractivity contribution in [2.75, 3.05) is 46.4 Å². The van der Waals surface area contributed by atoms with E-state index in [0.29, 0.717) is 23.9 Å². The van der Waals surface area contributed by atoms with Crippen molar-refractivity contribution in [3.8, 4) is 0 Å². The third-order valence-corrected chi connectivity index (χ3v) is 7.66. The number of aliphatic hydroxyl groups excluding tert-OH is 1. The summed E-state index contributed by atoms with van der Waals surface area (Å²) in [4.78, 5) is 2.51. The monoisotopic (exact) mass is 491 g/mol. The fraction of sp³-hybridized carbons (Fsp3) is 0.786. The number of ether oxygens (including phenoxy) is 1. The van der Waals surface area contributed by atoms with E-state index in [-0.39, 0.29) is 12.8 Å². The summed E-state index contributed by atoms with van der Waals surface area (Å²) in [6, 6.07) is 0.706. The van der Waals surface area contributed by atoms with E-state index in [1.165, 1.54) is 25.1 Å². The van der Waals surface area contributed by atoms with Crippen molar-refractivity contribution in [2.45, 2.75) is 84.0 Å². The Hall–Kier alpha value is -1.54. The number of nitrogens with zero attached hydrogens (tertiary/aromatic N) is 1. The first kappa shape index (κ1) is 29.7. The molecule has 202 valence electrons. The van der Waals surface area contributed by atoms with Crippen LogP contribution in [0.15, 0.2) is 36.3 Å².